The fourth-order valence-corrected chi connectivity index (χ4v) is 4.67. The van der Waals surface area contributed by atoms with Gasteiger partial charge in [-0.05, 0) is 48.0 Å². The van der Waals surface area contributed by atoms with Crippen molar-refractivity contribution in [3.8, 4) is 0 Å². The van der Waals surface area contributed by atoms with Gasteiger partial charge in [-0.25, -0.2) is 0 Å². The third-order valence-electron chi connectivity index (χ3n) is 4.08. The van der Waals surface area contributed by atoms with Gasteiger partial charge in [0.05, 0.1) is 15.5 Å². The lowest BCUT2D eigenvalue weighted by atomic mass is 10.1. The Morgan fingerprint density at radius 3 is 1.97 bits per heavy atom. The van der Waals surface area contributed by atoms with Crippen LogP contribution >= 0.6 is 0 Å². The Morgan fingerprint density at radius 1 is 0.906 bits per heavy atom. The number of fused-ring (bicyclic) bond motifs is 1. The Kier molecular flexibility index (Phi) is 7.46. The minimum Gasteiger partial charge on any atom is -0.325 e. The van der Waals surface area contributed by atoms with Gasteiger partial charge in [0.25, 0.3) is 30.4 Å². The summed E-state index contributed by atoms with van der Waals surface area (Å²) in [5.41, 5.74) is 7.74. The van der Waals surface area contributed by atoms with Crippen LogP contribution in [0.25, 0.3) is 21.2 Å². The summed E-state index contributed by atoms with van der Waals surface area (Å²) in [5, 5.41) is 4.64. The van der Waals surface area contributed by atoms with Gasteiger partial charge in [-0.2, -0.15) is 25.3 Å². The van der Waals surface area contributed by atoms with E-state index < -0.39 is 67.4 Å². The van der Waals surface area contributed by atoms with Crippen molar-refractivity contribution in [1.82, 2.24) is 0 Å². The normalized spacial score (nSPS) is 12.3. The van der Waals surface area contributed by atoms with Crippen LogP contribution in [0.3, 0.4) is 0 Å². The van der Waals surface area contributed by atoms with Crippen LogP contribution in [0.15, 0.2) is 44.1 Å². The molecule has 14 nitrogen and oxygen atoms in total. The summed E-state index contributed by atoms with van der Waals surface area (Å²) in [5.74, 6) is -0.722. The van der Waals surface area contributed by atoms with Gasteiger partial charge in [0.15, 0.2) is 0 Å². The lowest BCUT2D eigenvalue weighted by molar-refractivity contribution is -0.116. The van der Waals surface area contributed by atoms with E-state index in [1.54, 1.807) is 0 Å². The van der Waals surface area contributed by atoms with Crippen LogP contribution in [0.1, 0.15) is 19.3 Å². The quantitative estimate of drug-likeness (QED) is 0.126. The SMILES string of the molecule is [N-]=[N+]=NCCCCC(=O)Nc1cc(S(=O)(=O)O)cc2cc(S(=O)(=O)O)cc(S(=O)(=O)O)c12. The molecule has 1 amide bonds. The topological polar surface area (TPSA) is 241 Å². The molecule has 0 aliphatic carbocycles. The lowest BCUT2D eigenvalue weighted by Crippen LogP contribution is -2.14. The summed E-state index contributed by atoms with van der Waals surface area (Å²) in [4.78, 5) is 12.0. The molecule has 2 aromatic carbocycles. The van der Waals surface area contributed by atoms with E-state index in [2.05, 4.69) is 15.3 Å². The first-order chi connectivity index (χ1) is 14.6. The average molecular weight is 509 g/mol. The molecule has 0 saturated carbocycles. The van der Waals surface area contributed by atoms with E-state index in [0.717, 1.165) is 6.07 Å². The van der Waals surface area contributed by atoms with Gasteiger partial charge in [-0.1, -0.05) is 5.11 Å². The molecule has 174 valence electrons. The molecule has 0 atom stereocenters. The fourth-order valence-electron chi connectivity index (χ4n) is 2.75. The van der Waals surface area contributed by atoms with Crippen molar-refractivity contribution in [1.29, 1.82) is 0 Å². The van der Waals surface area contributed by atoms with Crippen LogP contribution in [0, 0.1) is 0 Å². The number of unbranched alkanes of at least 4 members (excludes halogenated alkanes) is 1. The van der Waals surface area contributed by atoms with Gasteiger partial charge < -0.3 is 5.32 Å². The number of hydrogen-bond donors (Lipinski definition) is 4. The number of hydrogen-bond acceptors (Lipinski definition) is 8. The molecule has 4 N–H and O–H groups in total. The monoisotopic (exact) mass is 508 g/mol. The van der Waals surface area contributed by atoms with Crippen molar-refractivity contribution in [2.45, 2.75) is 33.9 Å². The highest BCUT2D eigenvalue weighted by molar-refractivity contribution is 7.87. The first kappa shape index (κ1) is 25.5. The van der Waals surface area contributed by atoms with Crippen molar-refractivity contribution in [2.24, 2.45) is 5.11 Å². The van der Waals surface area contributed by atoms with E-state index in [-0.39, 0.29) is 19.4 Å². The predicted octanol–water partition coefficient (Wildman–Crippen LogP) is 2.00. The predicted molar refractivity (Wildman–Crippen MR) is 110 cm³/mol. The molecule has 2 aromatic rings. The number of carbonyl (C=O) groups is 1. The van der Waals surface area contributed by atoms with Crippen molar-refractivity contribution < 1.29 is 43.7 Å². The Hall–Kier alpha value is -2.79. The smallest absolute Gasteiger partial charge is 0.295 e. The zero-order valence-electron chi connectivity index (χ0n) is 15.9. The summed E-state index contributed by atoms with van der Waals surface area (Å²) < 4.78 is 98.2. The van der Waals surface area contributed by atoms with E-state index in [0.29, 0.717) is 24.6 Å². The summed E-state index contributed by atoms with van der Waals surface area (Å²) in [6.45, 7) is 0.121. The number of rotatable bonds is 9. The molecule has 0 unspecified atom stereocenters. The molecule has 0 heterocycles. The van der Waals surface area contributed by atoms with Crippen LogP contribution in [-0.2, 0) is 35.1 Å². The zero-order valence-corrected chi connectivity index (χ0v) is 18.4. The summed E-state index contributed by atoms with van der Waals surface area (Å²) >= 11 is 0. The Morgan fingerprint density at radius 2 is 1.47 bits per heavy atom. The van der Waals surface area contributed by atoms with Crippen molar-refractivity contribution >= 4 is 52.7 Å². The number of benzene rings is 2. The Bertz CT molecular complexity index is 1440. The van der Waals surface area contributed by atoms with Crippen LogP contribution < -0.4 is 5.32 Å². The maximum atomic E-state index is 12.3. The minimum absolute atomic E-state index is 0.121. The number of azide groups is 1. The van der Waals surface area contributed by atoms with Gasteiger partial charge in [-0.15, -0.1) is 0 Å². The molecule has 0 radical (unpaired) electrons. The van der Waals surface area contributed by atoms with Crippen LogP contribution in [0.5, 0.6) is 0 Å². The van der Waals surface area contributed by atoms with E-state index in [4.69, 9.17) is 5.53 Å². The molecule has 0 aromatic heterocycles. The van der Waals surface area contributed by atoms with E-state index in [1.807, 2.05) is 0 Å². The highest BCUT2D eigenvalue weighted by atomic mass is 32.2. The second-order valence-electron chi connectivity index (χ2n) is 6.38. The number of nitrogens with one attached hydrogen (secondary N) is 1. The third-order valence-corrected chi connectivity index (χ3v) is 6.62. The van der Waals surface area contributed by atoms with Gasteiger partial charge >= 0.3 is 0 Å². The zero-order chi connectivity index (χ0) is 24.3. The maximum Gasteiger partial charge on any atom is 0.295 e. The molecule has 0 saturated heterocycles. The second kappa shape index (κ2) is 9.37. The molecular weight excluding hydrogens is 492 g/mol. The molecule has 0 aliphatic heterocycles. The maximum absolute atomic E-state index is 12.3. The first-order valence-electron chi connectivity index (χ1n) is 8.49. The summed E-state index contributed by atoms with van der Waals surface area (Å²) in [7, 11) is -15.0. The lowest BCUT2D eigenvalue weighted by Gasteiger charge is -2.14. The van der Waals surface area contributed by atoms with Gasteiger partial charge in [-0.3, -0.25) is 18.5 Å². The van der Waals surface area contributed by atoms with Gasteiger partial charge in [0, 0.05) is 23.3 Å². The van der Waals surface area contributed by atoms with Crippen molar-refractivity contribution in [3.05, 3.63) is 34.7 Å². The first-order valence-corrected chi connectivity index (χ1v) is 12.8. The number of nitrogens with zero attached hydrogens (tertiary/aromatic N) is 3. The van der Waals surface area contributed by atoms with Crippen molar-refractivity contribution in [3.63, 3.8) is 0 Å². The molecule has 32 heavy (non-hydrogen) atoms. The largest absolute Gasteiger partial charge is 0.325 e. The van der Waals surface area contributed by atoms with E-state index >= 15 is 0 Å². The molecule has 0 aliphatic rings. The third kappa shape index (κ3) is 6.36. The van der Waals surface area contributed by atoms with E-state index in [1.165, 1.54) is 0 Å². The highest BCUT2D eigenvalue weighted by Gasteiger charge is 2.25. The van der Waals surface area contributed by atoms with Gasteiger partial charge in [0.1, 0.15) is 4.90 Å². The number of anilines is 1. The molecule has 0 bridgehead atoms. The fraction of sp³-hybridized carbons (Fsp3) is 0.267. The average Bonchev–Trinajstić information content (AvgIpc) is 2.64. The molecule has 0 spiro atoms. The number of carbonyl (C=O) groups excluding carboxylic acids is 1. The molecule has 0 fully saturated rings. The number of amides is 1. The molecule has 2 rings (SSSR count). The Balaban J connectivity index is 2.72. The second-order valence-corrected chi connectivity index (χ2v) is 10.6. The van der Waals surface area contributed by atoms with Crippen molar-refractivity contribution in [2.75, 3.05) is 11.9 Å². The van der Waals surface area contributed by atoms with Crippen LogP contribution in [-0.4, -0.2) is 51.4 Å². The van der Waals surface area contributed by atoms with Gasteiger partial charge in [0.2, 0.25) is 5.91 Å². The molecular formula is C15H16N4O10S3. The highest BCUT2D eigenvalue weighted by Crippen LogP contribution is 2.35. The van der Waals surface area contributed by atoms with E-state index in [9.17, 15) is 43.7 Å². The van der Waals surface area contributed by atoms with Crippen LogP contribution in [0.2, 0.25) is 0 Å². The van der Waals surface area contributed by atoms with Crippen LogP contribution in [0.4, 0.5) is 5.69 Å². The molecule has 17 heteroatoms. The minimum atomic E-state index is -5.13. The summed E-state index contributed by atoms with van der Waals surface area (Å²) in [6, 6.07) is 2.54. The Labute approximate surface area is 182 Å². The summed E-state index contributed by atoms with van der Waals surface area (Å²) in [6.07, 6.45) is 0.443. The standard InChI is InChI=1S/C15H16N4O10S3/c16-19-17-4-2-1-3-14(20)18-12-7-10(30(21,22)23)5-9-6-11(31(24,25)26)8-13(15(9)12)32(27,28)29/h5-8H,1-4H2,(H,18,20)(H,21,22,23)(H,24,25,26)(H,27,28,29).